The highest BCUT2D eigenvalue weighted by molar-refractivity contribution is 6.99. The van der Waals surface area contributed by atoms with E-state index < -0.39 is 0 Å². The molecule has 0 atom stereocenters. The molecule has 7 heteroatoms. The molecule has 0 saturated heterocycles. The summed E-state index contributed by atoms with van der Waals surface area (Å²) in [5, 5.41) is 2.77. The minimum atomic E-state index is -0.236. The third kappa shape index (κ3) is 3.34. The zero-order valence-electron chi connectivity index (χ0n) is 6.78. The number of nitrogens with zero attached hydrogens (tertiary/aromatic N) is 1. The highest BCUT2D eigenvalue weighted by atomic mass is 32.1. The molecule has 0 aliphatic carbocycles. The number of aromatic nitrogens is 2. The Morgan fingerprint density at radius 2 is 2.54 bits per heavy atom. The van der Waals surface area contributed by atoms with E-state index in [-0.39, 0.29) is 12.2 Å². The summed E-state index contributed by atoms with van der Waals surface area (Å²) >= 11 is 0.988. The maximum Gasteiger partial charge on any atom is 0.302 e. The van der Waals surface area contributed by atoms with E-state index >= 15 is 0 Å². The molecule has 0 aliphatic rings. The molecule has 0 spiro atoms. The Bertz CT molecular complexity index is 308. The van der Waals surface area contributed by atoms with Crippen molar-refractivity contribution in [2.45, 2.75) is 0 Å². The summed E-state index contributed by atoms with van der Waals surface area (Å²) in [5.41, 5.74) is -0.236. The van der Waals surface area contributed by atoms with E-state index in [4.69, 9.17) is 4.74 Å². The van der Waals surface area contributed by atoms with Crippen molar-refractivity contribution in [1.29, 1.82) is 0 Å². The minimum absolute atomic E-state index is 0.0785. The van der Waals surface area contributed by atoms with Crippen molar-refractivity contribution in [2.75, 3.05) is 25.1 Å². The lowest BCUT2D eigenvalue weighted by Gasteiger charge is -2.00. The molecule has 0 saturated carbocycles. The number of H-pyrrole nitrogens is 1. The van der Waals surface area contributed by atoms with Crippen LogP contribution in [-0.4, -0.2) is 34.8 Å². The van der Waals surface area contributed by atoms with Gasteiger partial charge in [0.15, 0.2) is 0 Å². The van der Waals surface area contributed by atoms with Gasteiger partial charge in [0.25, 0.3) is 0 Å². The van der Waals surface area contributed by atoms with Crippen LogP contribution in [0.15, 0.2) is 4.79 Å². The fourth-order valence-corrected chi connectivity index (χ4v) is 1.15. The Hall–Kier alpha value is -1.21. The van der Waals surface area contributed by atoms with E-state index in [2.05, 4.69) is 14.1 Å². The summed E-state index contributed by atoms with van der Waals surface area (Å²) < 4.78 is 11.1. The minimum Gasteiger partial charge on any atom is -0.372 e. The summed E-state index contributed by atoms with van der Waals surface area (Å²) in [7, 11) is 0. The van der Waals surface area contributed by atoms with Crippen LogP contribution in [0.2, 0.25) is 0 Å². The molecule has 0 radical (unpaired) electrons. The summed E-state index contributed by atoms with van der Waals surface area (Å²) in [5.74, 6) is 0.291. The summed E-state index contributed by atoms with van der Waals surface area (Å²) in [4.78, 5) is 20.7. The molecule has 0 unspecified atom stereocenters. The molecule has 1 aromatic rings. The van der Waals surface area contributed by atoms with Gasteiger partial charge in [0.2, 0.25) is 5.82 Å². The van der Waals surface area contributed by atoms with Crippen molar-refractivity contribution in [2.24, 2.45) is 0 Å². The summed E-state index contributed by atoms with van der Waals surface area (Å²) in [6.07, 6.45) is 0.676. The first-order valence-electron chi connectivity index (χ1n) is 3.64. The second-order valence-electron chi connectivity index (χ2n) is 2.13. The molecule has 72 valence electrons. The number of hydrogen-bond acceptors (Lipinski definition) is 6. The van der Waals surface area contributed by atoms with Crippen LogP contribution in [-0.2, 0) is 9.53 Å². The van der Waals surface area contributed by atoms with Crippen molar-refractivity contribution < 1.29 is 9.53 Å². The zero-order valence-corrected chi connectivity index (χ0v) is 7.60. The van der Waals surface area contributed by atoms with Crippen LogP contribution >= 0.6 is 11.7 Å². The van der Waals surface area contributed by atoms with Crippen LogP contribution in [0.5, 0.6) is 0 Å². The van der Waals surface area contributed by atoms with Crippen molar-refractivity contribution in [1.82, 2.24) is 8.75 Å². The first-order valence-corrected chi connectivity index (χ1v) is 4.41. The van der Waals surface area contributed by atoms with Crippen molar-refractivity contribution >= 4 is 23.8 Å². The second kappa shape index (κ2) is 5.44. The van der Waals surface area contributed by atoms with E-state index in [0.29, 0.717) is 25.3 Å². The standard InChI is InChI=1S/C6H9N3O3S/c10-2-4-12-3-1-7-5-6(11)9-13-8-5/h2H,1,3-4H2,(H,7,8)(H,9,11). The number of hydrogen-bond donors (Lipinski definition) is 2. The van der Waals surface area contributed by atoms with Gasteiger partial charge in [-0.3, -0.25) is 9.17 Å². The lowest BCUT2D eigenvalue weighted by atomic mass is 10.6. The lowest BCUT2D eigenvalue weighted by molar-refractivity contribution is -0.111. The van der Waals surface area contributed by atoms with Crippen LogP contribution in [0.3, 0.4) is 0 Å². The van der Waals surface area contributed by atoms with E-state index in [0.717, 1.165) is 11.7 Å². The van der Waals surface area contributed by atoms with Gasteiger partial charge in [-0.1, -0.05) is 0 Å². The number of aromatic amines is 1. The van der Waals surface area contributed by atoms with Crippen LogP contribution in [0.25, 0.3) is 0 Å². The Morgan fingerprint density at radius 3 is 3.15 bits per heavy atom. The average Bonchev–Trinajstić information content (AvgIpc) is 2.52. The van der Waals surface area contributed by atoms with Gasteiger partial charge in [-0.15, -0.1) is 0 Å². The van der Waals surface area contributed by atoms with Gasteiger partial charge in [0.1, 0.15) is 12.9 Å². The molecule has 0 bridgehead atoms. The molecule has 13 heavy (non-hydrogen) atoms. The predicted molar refractivity (Wildman–Crippen MR) is 48.1 cm³/mol. The molecular weight excluding hydrogens is 194 g/mol. The number of nitrogens with one attached hydrogen (secondary N) is 2. The number of rotatable bonds is 6. The van der Waals surface area contributed by atoms with E-state index in [1.54, 1.807) is 0 Å². The number of anilines is 1. The van der Waals surface area contributed by atoms with Crippen molar-refractivity contribution in [3.05, 3.63) is 10.4 Å². The lowest BCUT2D eigenvalue weighted by Crippen LogP contribution is -2.15. The fourth-order valence-electron chi connectivity index (χ4n) is 0.685. The third-order valence-electron chi connectivity index (χ3n) is 1.22. The third-order valence-corrected chi connectivity index (χ3v) is 1.77. The molecule has 6 nitrogen and oxygen atoms in total. The summed E-state index contributed by atoms with van der Waals surface area (Å²) in [6.45, 7) is 0.908. The van der Waals surface area contributed by atoms with Crippen LogP contribution < -0.4 is 10.9 Å². The largest absolute Gasteiger partial charge is 0.372 e. The molecule has 0 amide bonds. The Labute approximate surface area is 78.2 Å². The SMILES string of the molecule is O=CCOCCNc1ns[nH]c1=O. The molecular formula is C6H9N3O3S. The summed E-state index contributed by atoms with van der Waals surface area (Å²) in [6, 6.07) is 0. The maximum absolute atomic E-state index is 10.9. The number of carbonyl (C=O) groups excluding carboxylic acids is 1. The van der Waals surface area contributed by atoms with Crippen LogP contribution in [0.1, 0.15) is 0 Å². The highest BCUT2D eigenvalue weighted by Crippen LogP contribution is 1.92. The van der Waals surface area contributed by atoms with Gasteiger partial charge < -0.3 is 14.8 Å². The first kappa shape index (κ1) is 9.87. The van der Waals surface area contributed by atoms with Gasteiger partial charge in [0.05, 0.1) is 6.61 Å². The highest BCUT2D eigenvalue weighted by Gasteiger charge is 1.99. The Morgan fingerprint density at radius 1 is 1.69 bits per heavy atom. The van der Waals surface area contributed by atoms with E-state index in [1.165, 1.54) is 0 Å². The van der Waals surface area contributed by atoms with Gasteiger partial charge in [-0.05, 0) is 0 Å². The second-order valence-corrected chi connectivity index (χ2v) is 2.70. The molecule has 2 N–H and O–H groups in total. The Kier molecular flexibility index (Phi) is 4.13. The van der Waals surface area contributed by atoms with E-state index in [1.807, 2.05) is 0 Å². The van der Waals surface area contributed by atoms with Gasteiger partial charge in [-0.2, -0.15) is 4.37 Å². The number of ether oxygens (including phenoxy) is 1. The monoisotopic (exact) mass is 203 g/mol. The molecule has 0 aliphatic heterocycles. The number of carbonyl (C=O) groups is 1. The van der Waals surface area contributed by atoms with Crippen LogP contribution in [0, 0.1) is 0 Å². The van der Waals surface area contributed by atoms with Gasteiger partial charge in [0, 0.05) is 18.3 Å². The predicted octanol–water partition coefficient (Wildman–Crippen LogP) is -0.541. The normalized spacial score (nSPS) is 9.85. The van der Waals surface area contributed by atoms with Crippen LogP contribution in [0.4, 0.5) is 5.82 Å². The Balaban J connectivity index is 2.17. The molecule has 1 rings (SSSR count). The van der Waals surface area contributed by atoms with E-state index in [9.17, 15) is 9.59 Å². The van der Waals surface area contributed by atoms with Crippen molar-refractivity contribution in [3.63, 3.8) is 0 Å². The fraction of sp³-hybridized carbons (Fsp3) is 0.500. The average molecular weight is 203 g/mol. The topological polar surface area (TPSA) is 84.1 Å². The van der Waals surface area contributed by atoms with Gasteiger partial charge in [-0.25, -0.2) is 0 Å². The zero-order chi connectivity index (χ0) is 9.52. The van der Waals surface area contributed by atoms with Gasteiger partial charge >= 0.3 is 5.56 Å². The maximum atomic E-state index is 10.9. The smallest absolute Gasteiger partial charge is 0.302 e. The molecule has 1 aromatic heterocycles. The molecule has 0 fully saturated rings. The van der Waals surface area contributed by atoms with Crippen molar-refractivity contribution in [3.8, 4) is 0 Å². The molecule has 1 heterocycles. The first-order chi connectivity index (χ1) is 6.34. The number of aldehydes is 1. The quantitative estimate of drug-likeness (QED) is 0.479. The molecule has 0 aromatic carbocycles.